The van der Waals surface area contributed by atoms with Gasteiger partial charge in [-0.2, -0.15) is 0 Å². The lowest BCUT2D eigenvalue weighted by Gasteiger charge is -2.39. The van der Waals surface area contributed by atoms with Crippen LogP contribution in [0.1, 0.15) is 43.2 Å². The van der Waals surface area contributed by atoms with Gasteiger partial charge in [0.1, 0.15) is 0 Å². The maximum Gasteiger partial charge on any atom is 0.227 e. The average molecular weight is 286 g/mol. The fraction of sp³-hybridized carbons (Fsp3) is 0.611. The molecule has 2 atom stereocenters. The number of carbonyl (C=O) groups excluding carboxylic acids is 1. The van der Waals surface area contributed by atoms with Gasteiger partial charge in [0.2, 0.25) is 5.91 Å². The van der Waals surface area contributed by atoms with Crippen molar-refractivity contribution in [1.29, 1.82) is 0 Å². The largest absolute Gasteiger partial charge is 0.338 e. The van der Waals surface area contributed by atoms with E-state index in [9.17, 15) is 4.79 Å². The Bertz CT molecular complexity index is 494. The predicted molar refractivity (Wildman–Crippen MR) is 85.3 cm³/mol. The first-order valence-electron chi connectivity index (χ1n) is 8.33. The molecule has 114 valence electrons. The summed E-state index contributed by atoms with van der Waals surface area (Å²) in [6.45, 7) is 4.14. The molecule has 0 aromatic heterocycles. The Morgan fingerprint density at radius 3 is 2.86 bits per heavy atom. The third-order valence-electron chi connectivity index (χ3n) is 5.04. The molecular weight excluding hydrogens is 260 g/mol. The summed E-state index contributed by atoms with van der Waals surface area (Å²) in [5, 5.41) is 3.59. The van der Waals surface area contributed by atoms with Crippen LogP contribution in [0.25, 0.3) is 0 Å². The Balaban J connectivity index is 1.70. The van der Waals surface area contributed by atoms with E-state index in [1.165, 1.54) is 30.4 Å². The number of nitrogens with one attached hydrogen (secondary N) is 1. The molecule has 0 spiro atoms. The fourth-order valence-electron chi connectivity index (χ4n) is 3.80. The lowest BCUT2D eigenvalue weighted by molar-refractivity contribution is -0.134. The summed E-state index contributed by atoms with van der Waals surface area (Å²) in [6.07, 6.45) is 6.60. The number of hydrogen-bond acceptors (Lipinski definition) is 2. The van der Waals surface area contributed by atoms with Gasteiger partial charge in [-0.15, -0.1) is 0 Å². The number of benzene rings is 1. The molecule has 1 aromatic carbocycles. The molecule has 3 rings (SSSR count). The highest BCUT2D eigenvalue weighted by Gasteiger charge is 2.34. The number of hydrogen-bond donors (Lipinski definition) is 1. The van der Waals surface area contributed by atoms with E-state index in [-0.39, 0.29) is 0 Å². The topological polar surface area (TPSA) is 32.3 Å². The second-order valence-electron chi connectivity index (χ2n) is 6.46. The Hall–Kier alpha value is -1.35. The van der Waals surface area contributed by atoms with E-state index in [1.54, 1.807) is 0 Å². The van der Waals surface area contributed by atoms with Gasteiger partial charge in [0.05, 0.1) is 6.42 Å². The number of aryl methyl sites for hydroxylation is 1. The van der Waals surface area contributed by atoms with E-state index in [1.807, 2.05) is 12.1 Å². The second-order valence-corrected chi connectivity index (χ2v) is 6.46. The highest BCUT2D eigenvalue weighted by Crippen LogP contribution is 2.25. The van der Waals surface area contributed by atoms with Crippen LogP contribution in [0.5, 0.6) is 0 Å². The van der Waals surface area contributed by atoms with E-state index in [0.717, 1.165) is 25.9 Å². The lowest BCUT2D eigenvalue weighted by atomic mass is 9.93. The zero-order valence-electron chi connectivity index (χ0n) is 13.0. The molecule has 2 fully saturated rings. The minimum Gasteiger partial charge on any atom is -0.338 e. The SMILES string of the molecule is Cc1ccccc1CC(=O)N1CCCCC1C1CCCN1. The Morgan fingerprint density at radius 1 is 1.24 bits per heavy atom. The van der Waals surface area contributed by atoms with Crippen LogP contribution in [0, 0.1) is 6.92 Å². The second kappa shape index (κ2) is 6.61. The van der Waals surface area contributed by atoms with Crippen molar-refractivity contribution in [2.45, 2.75) is 57.5 Å². The minimum absolute atomic E-state index is 0.308. The standard InChI is InChI=1S/C18H26N2O/c1-14-7-2-3-8-15(14)13-18(21)20-12-5-4-10-17(20)16-9-6-11-19-16/h2-3,7-8,16-17,19H,4-6,9-13H2,1H3. The third-order valence-corrected chi connectivity index (χ3v) is 5.04. The molecule has 3 heteroatoms. The molecule has 1 amide bonds. The maximum absolute atomic E-state index is 12.8. The Labute approximate surface area is 127 Å². The van der Waals surface area contributed by atoms with Crippen molar-refractivity contribution < 1.29 is 4.79 Å². The normalized spacial score (nSPS) is 26.0. The van der Waals surface area contributed by atoms with Crippen LogP contribution in [0.2, 0.25) is 0 Å². The van der Waals surface area contributed by atoms with Crippen molar-refractivity contribution in [3.05, 3.63) is 35.4 Å². The molecule has 0 bridgehead atoms. The first-order valence-corrected chi connectivity index (χ1v) is 8.33. The molecule has 2 heterocycles. The van der Waals surface area contributed by atoms with E-state index in [2.05, 4.69) is 29.3 Å². The van der Waals surface area contributed by atoms with Gasteiger partial charge >= 0.3 is 0 Å². The predicted octanol–water partition coefficient (Wildman–Crippen LogP) is 2.67. The first kappa shape index (κ1) is 14.6. The van der Waals surface area contributed by atoms with Crippen molar-refractivity contribution in [1.82, 2.24) is 10.2 Å². The number of nitrogens with zero attached hydrogens (tertiary/aromatic N) is 1. The Kier molecular flexibility index (Phi) is 4.59. The van der Waals surface area contributed by atoms with Crippen LogP contribution in [0.15, 0.2) is 24.3 Å². The highest BCUT2D eigenvalue weighted by molar-refractivity contribution is 5.79. The number of rotatable bonds is 3. The summed E-state index contributed by atoms with van der Waals surface area (Å²) < 4.78 is 0. The molecule has 0 radical (unpaired) electrons. The van der Waals surface area contributed by atoms with Gasteiger partial charge in [0.15, 0.2) is 0 Å². The number of piperidine rings is 1. The van der Waals surface area contributed by atoms with Gasteiger partial charge in [-0.25, -0.2) is 0 Å². The quantitative estimate of drug-likeness (QED) is 0.926. The zero-order valence-corrected chi connectivity index (χ0v) is 13.0. The fourth-order valence-corrected chi connectivity index (χ4v) is 3.80. The molecule has 2 saturated heterocycles. The van der Waals surface area contributed by atoms with Crippen molar-refractivity contribution in [3.8, 4) is 0 Å². The summed E-state index contributed by atoms with van der Waals surface area (Å²) in [4.78, 5) is 15.0. The van der Waals surface area contributed by atoms with Crippen molar-refractivity contribution in [2.75, 3.05) is 13.1 Å². The monoisotopic (exact) mass is 286 g/mol. The summed E-state index contributed by atoms with van der Waals surface area (Å²) in [5.74, 6) is 0.308. The van der Waals surface area contributed by atoms with Crippen LogP contribution in [-0.2, 0) is 11.2 Å². The smallest absolute Gasteiger partial charge is 0.227 e. The summed E-state index contributed by atoms with van der Waals surface area (Å²) in [5.41, 5.74) is 2.39. The lowest BCUT2D eigenvalue weighted by Crippen LogP contribution is -2.53. The molecule has 1 aromatic rings. The van der Waals surface area contributed by atoms with E-state index < -0.39 is 0 Å². The van der Waals surface area contributed by atoms with Crippen molar-refractivity contribution >= 4 is 5.91 Å². The molecular formula is C18H26N2O. The zero-order chi connectivity index (χ0) is 14.7. The third kappa shape index (κ3) is 3.29. The van der Waals surface area contributed by atoms with E-state index in [0.29, 0.717) is 24.4 Å². The van der Waals surface area contributed by atoms with Crippen LogP contribution in [0.3, 0.4) is 0 Å². The number of amides is 1. The van der Waals surface area contributed by atoms with Gasteiger partial charge in [0, 0.05) is 18.6 Å². The molecule has 3 nitrogen and oxygen atoms in total. The van der Waals surface area contributed by atoms with Gasteiger partial charge < -0.3 is 10.2 Å². The summed E-state index contributed by atoms with van der Waals surface area (Å²) in [7, 11) is 0. The highest BCUT2D eigenvalue weighted by atomic mass is 16.2. The van der Waals surface area contributed by atoms with Gasteiger partial charge in [0.25, 0.3) is 0 Å². The van der Waals surface area contributed by atoms with Crippen LogP contribution in [-0.4, -0.2) is 36.0 Å². The molecule has 2 aliphatic rings. The van der Waals surface area contributed by atoms with Gasteiger partial charge in [-0.3, -0.25) is 4.79 Å². The molecule has 2 unspecified atom stereocenters. The number of likely N-dealkylation sites (tertiary alicyclic amines) is 1. The molecule has 2 aliphatic heterocycles. The van der Waals surface area contributed by atoms with Crippen LogP contribution in [0.4, 0.5) is 0 Å². The summed E-state index contributed by atoms with van der Waals surface area (Å²) in [6, 6.07) is 9.18. The molecule has 0 aliphatic carbocycles. The van der Waals surface area contributed by atoms with E-state index in [4.69, 9.17) is 0 Å². The van der Waals surface area contributed by atoms with Crippen molar-refractivity contribution in [2.24, 2.45) is 0 Å². The van der Waals surface area contributed by atoms with Crippen LogP contribution < -0.4 is 5.32 Å². The first-order chi connectivity index (χ1) is 10.3. The van der Waals surface area contributed by atoms with E-state index >= 15 is 0 Å². The van der Waals surface area contributed by atoms with Crippen molar-refractivity contribution in [3.63, 3.8) is 0 Å². The van der Waals surface area contributed by atoms with Gasteiger partial charge in [-0.1, -0.05) is 24.3 Å². The Morgan fingerprint density at radius 2 is 2.10 bits per heavy atom. The molecule has 0 saturated carbocycles. The molecule has 1 N–H and O–H groups in total. The average Bonchev–Trinajstić information content (AvgIpc) is 3.04. The summed E-state index contributed by atoms with van der Waals surface area (Å²) >= 11 is 0. The number of carbonyl (C=O) groups is 1. The minimum atomic E-state index is 0.308. The maximum atomic E-state index is 12.8. The molecule has 21 heavy (non-hydrogen) atoms. The van der Waals surface area contributed by atoms with Crippen LogP contribution >= 0.6 is 0 Å². The van der Waals surface area contributed by atoms with Gasteiger partial charge in [-0.05, 0) is 56.7 Å².